The van der Waals surface area contributed by atoms with Crippen LogP contribution in [0, 0.1) is 5.92 Å². The van der Waals surface area contributed by atoms with Gasteiger partial charge in [-0.3, -0.25) is 4.79 Å². The zero-order valence-corrected chi connectivity index (χ0v) is 12.7. The van der Waals surface area contributed by atoms with Crippen molar-refractivity contribution in [1.82, 2.24) is 5.32 Å². The molecule has 0 spiro atoms. The summed E-state index contributed by atoms with van der Waals surface area (Å²) in [5.41, 5.74) is 0.924. The van der Waals surface area contributed by atoms with E-state index in [2.05, 4.69) is 31.4 Å². The Morgan fingerprint density at radius 3 is 2.55 bits per heavy atom. The molecule has 1 rings (SSSR count). The molecule has 0 aliphatic heterocycles. The zero-order valence-electron chi connectivity index (χ0n) is 12.7. The van der Waals surface area contributed by atoms with Gasteiger partial charge in [-0.2, -0.15) is 0 Å². The number of hydrogen-bond acceptors (Lipinski definition) is 3. The van der Waals surface area contributed by atoms with Crippen LogP contribution in [0.2, 0.25) is 0 Å². The Balaban J connectivity index is 2.28. The Morgan fingerprint density at radius 1 is 1.25 bits per heavy atom. The van der Waals surface area contributed by atoms with Crippen LogP contribution in [0.15, 0.2) is 24.3 Å². The number of nitrogens with one attached hydrogen (secondary N) is 2. The van der Waals surface area contributed by atoms with Gasteiger partial charge in [0, 0.05) is 12.2 Å². The summed E-state index contributed by atoms with van der Waals surface area (Å²) in [4.78, 5) is 11.5. The molecule has 0 fully saturated rings. The van der Waals surface area contributed by atoms with Crippen molar-refractivity contribution in [3.05, 3.63) is 24.3 Å². The Kier molecular flexibility index (Phi) is 7.55. The van der Waals surface area contributed by atoms with Gasteiger partial charge in [0.2, 0.25) is 5.91 Å². The molecule has 0 heterocycles. The molecule has 1 aromatic carbocycles. The zero-order chi connectivity index (χ0) is 14.8. The fourth-order valence-corrected chi connectivity index (χ4v) is 1.58. The molecule has 0 atom stereocenters. The second-order valence-corrected chi connectivity index (χ2v) is 5.29. The van der Waals surface area contributed by atoms with Gasteiger partial charge in [-0.1, -0.05) is 27.2 Å². The van der Waals surface area contributed by atoms with Crippen LogP contribution >= 0.6 is 0 Å². The van der Waals surface area contributed by atoms with Gasteiger partial charge >= 0.3 is 0 Å². The molecule has 0 radical (unpaired) electrons. The van der Waals surface area contributed by atoms with E-state index in [0.717, 1.165) is 30.8 Å². The molecule has 0 unspecified atom stereocenters. The number of carbonyl (C=O) groups excluding carboxylic acids is 1. The van der Waals surface area contributed by atoms with Crippen LogP contribution in [0.4, 0.5) is 5.69 Å². The number of ether oxygens (including phenoxy) is 1. The van der Waals surface area contributed by atoms with Crippen molar-refractivity contribution in [1.29, 1.82) is 0 Å². The van der Waals surface area contributed by atoms with Crippen LogP contribution in [0.25, 0.3) is 0 Å². The first-order chi connectivity index (χ1) is 9.61. The molecule has 1 amide bonds. The summed E-state index contributed by atoms with van der Waals surface area (Å²) in [6.45, 7) is 8.11. The Hall–Kier alpha value is -1.71. The molecular formula is C16H26N2O2. The van der Waals surface area contributed by atoms with E-state index in [4.69, 9.17) is 4.74 Å². The van der Waals surface area contributed by atoms with Gasteiger partial charge in [0.25, 0.3) is 0 Å². The van der Waals surface area contributed by atoms with Crippen molar-refractivity contribution in [2.75, 3.05) is 25.0 Å². The summed E-state index contributed by atoms with van der Waals surface area (Å²) in [5, 5.41) is 5.97. The van der Waals surface area contributed by atoms with E-state index < -0.39 is 0 Å². The first-order valence-electron chi connectivity index (χ1n) is 7.35. The fraction of sp³-hybridized carbons (Fsp3) is 0.562. The summed E-state index contributed by atoms with van der Waals surface area (Å²) in [6, 6.07) is 7.68. The molecule has 0 saturated heterocycles. The molecule has 4 heteroatoms. The third-order valence-electron chi connectivity index (χ3n) is 2.74. The predicted molar refractivity (Wildman–Crippen MR) is 83.2 cm³/mol. The van der Waals surface area contributed by atoms with E-state index in [1.54, 1.807) is 0 Å². The summed E-state index contributed by atoms with van der Waals surface area (Å²) in [6.07, 6.45) is 2.11. The number of benzene rings is 1. The minimum Gasteiger partial charge on any atom is -0.493 e. The van der Waals surface area contributed by atoms with Crippen LogP contribution in [-0.2, 0) is 4.79 Å². The lowest BCUT2D eigenvalue weighted by molar-refractivity contribution is -0.119. The second-order valence-electron chi connectivity index (χ2n) is 5.29. The van der Waals surface area contributed by atoms with E-state index in [1.807, 2.05) is 24.3 Å². The van der Waals surface area contributed by atoms with Gasteiger partial charge in [-0.25, -0.2) is 0 Å². The van der Waals surface area contributed by atoms with Crippen molar-refractivity contribution < 1.29 is 9.53 Å². The van der Waals surface area contributed by atoms with Gasteiger partial charge < -0.3 is 15.4 Å². The number of unbranched alkanes of at least 4 members (excludes halogenated alkanes) is 1. The SMILES string of the molecule is CCCCNC(=O)CNc1ccc(OCC(C)C)cc1. The standard InChI is InChI=1S/C16H26N2O2/c1-4-5-10-17-16(19)11-18-14-6-8-15(9-7-14)20-12-13(2)3/h6-9,13,18H,4-5,10-12H2,1-3H3,(H,17,19). The Morgan fingerprint density at radius 2 is 1.95 bits per heavy atom. The molecule has 20 heavy (non-hydrogen) atoms. The van der Waals surface area contributed by atoms with E-state index in [-0.39, 0.29) is 5.91 Å². The van der Waals surface area contributed by atoms with Gasteiger partial charge in [0.1, 0.15) is 5.75 Å². The van der Waals surface area contributed by atoms with Crippen molar-refractivity contribution in [2.24, 2.45) is 5.92 Å². The molecule has 1 aromatic rings. The fourth-order valence-electron chi connectivity index (χ4n) is 1.58. The van der Waals surface area contributed by atoms with E-state index in [0.29, 0.717) is 19.1 Å². The van der Waals surface area contributed by atoms with E-state index >= 15 is 0 Å². The summed E-state index contributed by atoms with van der Waals surface area (Å²) < 4.78 is 5.61. The lowest BCUT2D eigenvalue weighted by atomic mass is 10.2. The minimum absolute atomic E-state index is 0.0265. The topological polar surface area (TPSA) is 50.4 Å². The quantitative estimate of drug-likeness (QED) is 0.683. The van der Waals surface area contributed by atoms with E-state index in [9.17, 15) is 4.79 Å². The second kappa shape index (κ2) is 9.23. The molecule has 2 N–H and O–H groups in total. The van der Waals surface area contributed by atoms with Crippen molar-refractivity contribution in [3.8, 4) is 5.75 Å². The smallest absolute Gasteiger partial charge is 0.239 e. The molecule has 0 saturated carbocycles. The molecule has 0 aliphatic rings. The highest BCUT2D eigenvalue weighted by Gasteiger charge is 2.01. The van der Waals surface area contributed by atoms with Gasteiger partial charge in [0.05, 0.1) is 13.2 Å². The van der Waals surface area contributed by atoms with E-state index in [1.165, 1.54) is 0 Å². The van der Waals surface area contributed by atoms with Crippen LogP contribution in [0.3, 0.4) is 0 Å². The highest BCUT2D eigenvalue weighted by Crippen LogP contribution is 2.16. The molecule has 112 valence electrons. The van der Waals surface area contributed by atoms with Crippen LogP contribution in [0.5, 0.6) is 5.75 Å². The highest BCUT2D eigenvalue weighted by molar-refractivity contribution is 5.80. The van der Waals surface area contributed by atoms with Crippen LogP contribution < -0.4 is 15.4 Å². The van der Waals surface area contributed by atoms with Crippen molar-refractivity contribution in [3.63, 3.8) is 0 Å². The normalized spacial score (nSPS) is 10.4. The van der Waals surface area contributed by atoms with Gasteiger partial charge in [0.15, 0.2) is 0 Å². The average molecular weight is 278 g/mol. The first kappa shape index (κ1) is 16.3. The maximum Gasteiger partial charge on any atom is 0.239 e. The maximum absolute atomic E-state index is 11.5. The molecule has 4 nitrogen and oxygen atoms in total. The molecule has 0 aromatic heterocycles. The minimum atomic E-state index is 0.0265. The lowest BCUT2D eigenvalue weighted by Crippen LogP contribution is -2.30. The number of carbonyl (C=O) groups is 1. The summed E-state index contributed by atoms with van der Waals surface area (Å²) in [7, 11) is 0. The van der Waals surface area contributed by atoms with Crippen LogP contribution in [-0.4, -0.2) is 25.6 Å². The third kappa shape index (κ3) is 7.02. The first-order valence-corrected chi connectivity index (χ1v) is 7.35. The van der Waals surface area contributed by atoms with Gasteiger partial charge in [-0.05, 0) is 36.6 Å². The highest BCUT2D eigenvalue weighted by atomic mass is 16.5. The Labute approximate surface area is 121 Å². The van der Waals surface area contributed by atoms with Crippen molar-refractivity contribution >= 4 is 11.6 Å². The van der Waals surface area contributed by atoms with Crippen LogP contribution in [0.1, 0.15) is 33.6 Å². The largest absolute Gasteiger partial charge is 0.493 e. The summed E-state index contributed by atoms with van der Waals surface area (Å²) in [5.74, 6) is 1.40. The predicted octanol–water partition coefficient (Wildman–Crippen LogP) is 3.05. The number of rotatable bonds is 9. The number of amides is 1. The molecule has 0 aliphatic carbocycles. The molecule has 0 bridgehead atoms. The lowest BCUT2D eigenvalue weighted by Gasteiger charge is -2.10. The number of anilines is 1. The summed E-state index contributed by atoms with van der Waals surface area (Å²) >= 11 is 0. The number of hydrogen-bond donors (Lipinski definition) is 2. The Bertz CT molecular complexity index is 388. The third-order valence-corrected chi connectivity index (χ3v) is 2.74. The van der Waals surface area contributed by atoms with Gasteiger partial charge in [-0.15, -0.1) is 0 Å². The maximum atomic E-state index is 11.5. The monoisotopic (exact) mass is 278 g/mol. The molecular weight excluding hydrogens is 252 g/mol. The average Bonchev–Trinajstić information content (AvgIpc) is 2.44. The van der Waals surface area contributed by atoms with Crippen molar-refractivity contribution in [2.45, 2.75) is 33.6 Å².